The fourth-order valence-corrected chi connectivity index (χ4v) is 28.8. The summed E-state index contributed by atoms with van der Waals surface area (Å²) in [7, 11) is -5.88. The van der Waals surface area contributed by atoms with Gasteiger partial charge in [-0.2, -0.15) is 4.39 Å². The summed E-state index contributed by atoms with van der Waals surface area (Å²) in [5.41, 5.74) is 4.42. The molecule has 2 rings (SSSR count). The Kier molecular flexibility index (Phi) is 21.0. The van der Waals surface area contributed by atoms with Gasteiger partial charge in [0.15, 0.2) is 34.8 Å². The topological polar surface area (TPSA) is 9.23 Å². The third-order valence-corrected chi connectivity index (χ3v) is 35.4. The van der Waals surface area contributed by atoms with Crippen LogP contribution in [0.4, 0.5) is 26.3 Å². The average Bonchev–Trinajstić information content (AvgIpc) is 3.11. The SMILES string of the molecule is CC(C)[Si](CCCCCCCC[Si](C(C)C)(C(C)C)C(C)C)(CCCCCCCC[Si](C(C)C)(C(C)C)C(C)C)Oc1c(F)c(F)c2cc(F)c(F)c(F)c2c1F. The second-order valence-electron chi connectivity index (χ2n) is 19.9. The van der Waals surface area contributed by atoms with Gasteiger partial charge in [0.05, 0.1) is 21.5 Å². The Hall–Kier alpha value is -1.27. The fraction of sp³-hybridized carbons (Fsp3) is 0.787. The van der Waals surface area contributed by atoms with Crippen LogP contribution in [0.15, 0.2) is 6.07 Å². The van der Waals surface area contributed by atoms with Gasteiger partial charge >= 0.3 is 0 Å². The molecule has 0 aliphatic heterocycles. The highest BCUT2D eigenvalue weighted by atomic mass is 28.4. The van der Waals surface area contributed by atoms with E-state index in [0.29, 0.717) is 18.2 Å². The Balaban J connectivity index is 2.21. The van der Waals surface area contributed by atoms with E-state index in [1.165, 1.54) is 37.8 Å². The molecule has 0 atom stereocenters. The maximum Gasteiger partial charge on any atom is 0.254 e. The molecule has 0 aliphatic rings. The van der Waals surface area contributed by atoms with E-state index < -0.39 is 75.9 Å². The molecule has 57 heavy (non-hydrogen) atoms. The lowest BCUT2D eigenvalue weighted by atomic mass is 10.1. The third kappa shape index (κ3) is 12.2. The van der Waals surface area contributed by atoms with Crippen LogP contribution < -0.4 is 4.43 Å². The van der Waals surface area contributed by atoms with Crippen molar-refractivity contribution >= 4 is 35.2 Å². The van der Waals surface area contributed by atoms with Gasteiger partial charge in [-0.25, -0.2) is 22.0 Å². The summed E-state index contributed by atoms with van der Waals surface area (Å²) in [5.74, 6) is -11.3. The first kappa shape index (κ1) is 51.9. The minimum atomic E-state index is -3.03. The molecule has 0 saturated carbocycles. The van der Waals surface area contributed by atoms with Gasteiger partial charge in [-0.05, 0) is 23.7 Å². The number of halogens is 6. The van der Waals surface area contributed by atoms with Gasteiger partial charge in [0.1, 0.15) is 0 Å². The Morgan fingerprint density at radius 1 is 0.386 bits per heavy atom. The number of hydrogen-bond donors (Lipinski definition) is 0. The highest BCUT2D eigenvalue weighted by Gasteiger charge is 2.44. The van der Waals surface area contributed by atoms with E-state index in [9.17, 15) is 13.2 Å². The maximum absolute atomic E-state index is 16.0. The van der Waals surface area contributed by atoms with E-state index in [-0.39, 0.29) is 5.54 Å². The molecule has 0 amide bonds. The van der Waals surface area contributed by atoms with Crippen molar-refractivity contribution in [2.45, 2.75) is 237 Å². The lowest BCUT2D eigenvalue weighted by Crippen LogP contribution is -2.45. The number of rotatable bonds is 27. The van der Waals surface area contributed by atoms with Gasteiger partial charge in [-0.3, -0.25) is 0 Å². The zero-order valence-electron chi connectivity index (χ0n) is 38.6. The number of hydrogen-bond acceptors (Lipinski definition) is 1. The standard InChI is InChI=1S/C47H82F6OSi3/c1-32(2)55(27-23-19-15-17-21-25-29-56(33(3)4,34(5)6)35(7)8,28-24-20-16-18-22-26-30-57(36(9)10,37(11)12)38(13)14)54-47-45(52)41-39(42(49)46(47)53)31-40(48)43(50)44(41)51/h31-38H,15-30H2,1-14H3. The summed E-state index contributed by atoms with van der Waals surface area (Å²) >= 11 is 0. The zero-order valence-corrected chi connectivity index (χ0v) is 41.6. The Morgan fingerprint density at radius 3 is 1.05 bits per heavy atom. The summed E-state index contributed by atoms with van der Waals surface area (Å²) in [4.78, 5) is 0. The van der Waals surface area contributed by atoms with Crippen LogP contribution in [0.5, 0.6) is 5.75 Å². The van der Waals surface area contributed by atoms with Crippen LogP contribution in [0.2, 0.25) is 63.0 Å². The molecule has 0 unspecified atom stereocenters. The highest BCUT2D eigenvalue weighted by molar-refractivity contribution is 6.84. The van der Waals surface area contributed by atoms with Crippen molar-refractivity contribution in [1.82, 2.24) is 0 Å². The van der Waals surface area contributed by atoms with Crippen molar-refractivity contribution in [2.75, 3.05) is 0 Å². The van der Waals surface area contributed by atoms with Gasteiger partial charge in [0.25, 0.3) is 8.32 Å². The van der Waals surface area contributed by atoms with Crippen molar-refractivity contribution in [2.24, 2.45) is 0 Å². The van der Waals surface area contributed by atoms with Crippen LogP contribution >= 0.6 is 0 Å². The molecule has 0 fully saturated rings. The molecule has 0 heterocycles. The van der Waals surface area contributed by atoms with Gasteiger partial charge in [0.2, 0.25) is 5.82 Å². The summed E-state index contributed by atoms with van der Waals surface area (Å²) in [6.07, 6.45) is 12.8. The molecule has 1 nitrogen and oxygen atoms in total. The lowest BCUT2D eigenvalue weighted by Gasteiger charge is -2.43. The second kappa shape index (κ2) is 23.1. The van der Waals surface area contributed by atoms with E-state index in [1.54, 1.807) is 0 Å². The predicted molar refractivity (Wildman–Crippen MR) is 242 cm³/mol. The normalized spacial score (nSPS) is 13.4. The zero-order chi connectivity index (χ0) is 43.5. The molecule has 10 heteroatoms. The third-order valence-electron chi connectivity index (χ3n) is 14.9. The monoisotopic (exact) mass is 861 g/mol. The maximum atomic E-state index is 16.0. The summed E-state index contributed by atoms with van der Waals surface area (Å²) in [6, 6.07) is 4.26. The quantitative estimate of drug-likeness (QED) is 0.0286. The predicted octanol–water partition coefficient (Wildman–Crippen LogP) is 18.4. The van der Waals surface area contributed by atoms with Crippen molar-refractivity contribution in [3.05, 3.63) is 41.0 Å². The largest absolute Gasteiger partial charge is 0.539 e. The molecule has 330 valence electrons. The second-order valence-corrected chi connectivity index (χ2v) is 36.8. The highest BCUT2D eigenvalue weighted by Crippen LogP contribution is 2.47. The van der Waals surface area contributed by atoms with Crippen molar-refractivity contribution < 1.29 is 30.8 Å². The molecule has 0 N–H and O–H groups in total. The first-order valence-electron chi connectivity index (χ1n) is 22.9. The van der Waals surface area contributed by atoms with Crippen LogP contribution in [0.1, 0.15) is 174 Å². The van der Waals surface area contributed by atoms with Gasteiger partial charge in [-0.1, -0.05) is 219 Å². The van der Waals surface area contributed by atoms with Gasteiger partial charge in [0, 0.05) is 5.39 Å². The first-order chi connectivity index (χ1) is 26.6. The van der Waals surface area contributed by atoms with E-state index in [2.05, 4.69) is 83.1 Å². The van der Waals surface area contributed by atoms with Crippen LogP contribution in [0, 0.1) is 34.9 Å². The van der Waals surface area contributed by atoms with Gasteiger partial charge in [-0.15, -0.1) is 0 Å². The molecular formula is C47H82F6OSi3. The van der Waals surface area contributed by atoms with E-state index in [1.807, 2.05) is 13.8 Å². The number of unbranched alkanes of at least 4 members (excludes halogenated alkanes) is 10. The molecule has 0 spiro atoms. The molecule has 2 aromatic carbocycles. The average molecular weight is 861 g/mol. The van der Waals surface area contributed by atoms with E-state index in [4.69, 9.17) is 4.43 Å². The van der Waals surface area contributed by atoms with Crippen molar-refractivity contribution in [1.29, 1.82) is 0 Å². The molecule has 0 bridgehead atoms. The smallest absolute Gasteiger partial charge is 0.254 e. The number of fused-ring (bicyclic) bond motifs is 1. The number of benzene rings is 2. The summed E-state index contributed by atoms with van der Waals surface area (Å²) in [6.45, 7) is 33.0. The van der Waals surface area contributed by atoms with Gasteiger partial charge < -0.3 is 4.43 Å². The molecule has 0 radical (unpaired) electrons. The lowest BCUT2D eigenvalue weighted by molar-refractivity contribution is 0.403. The molecule has 0 saturated heterocycles. The van der Waals surface area contributed by atoms with Crippen molar-refractivity contribution in [3.8, 4) is 5.75 Å². The van der Waals surface area contributed by atoms with Crippen LogP contribution in [0.3, 0.4) is 0 Å². The molecule has 2 aromatic rings. The van der Waals surface area contributed by atoms with Crippen LogP contribution in [0.25, 0.3) is 10.8 Å². The molecule has 0 aliphatic carbocycles. The van der Waals surface area contributed by atoms with E-state index >= 15 is 13.2 Å². The minimum absolute atomic E-state index is 0.0766. The summed E-state index contributed by atoms with van der Waals surface area (Å²) < 4.78 is 96.7. The Bertz CT molecular complexity index is 1430. The van der Waals surface area contributed by atoms with Crippen LogP contribution in [-0.2, 0) is 0 Å². The summed E-state index contributed by atoms with van der Waals surface area (Å²) in [5, 5.41) is -2.09. The van der Waals surface area contributed by atoms with Crippen LogP contribution in [-0.4, -0.2) is 24.5 Å². The first-order valence-corrected chi connectivity index (χ1v) is 30.2. The Labute approximate surface area is 348 Å². The fourth-order valence-electron chi connectivity index (χ4n) is 11.5. The Morgan fingerprint density at radius 2 is 0.719 bits per heavy atom. The minimum Gasteiger partial charge on any atom is -0.539 e. The molecular weight excluding hydrogens is 779 g/mol. The van der Waals surface area contributed by atoms with Crippen molar-refractivity contribution in [3.63, 3.8) is 0 Å². The van der Waals surface area contributed by atoms with E-state index in [0.717, 1.165) is 84.6 Å². The molecule has 0 aromatic heterocycles.